The van der Waals surface area contributed by atoms with E-state index in [1.807, 2.05) is 30.3 Å². The summed E-state index contributed by atoms with van der Waals surface area (Å²) in [5, 5.41) is 11.4. The molecule has 4 nitrogen and oxygen atoms in total. The standard InChI is InChI=1S/C20H22N2O2/c1-14(2)22(12-15-6-4-3-5-7-15)13-17-9-8-16-10-11-18(23)21-19(16)20(17)24/h3-11,14,24H,12-13H2,1-2H3,(H,21,23). The van der Waals surface area contributed by atoms with Crippen molar-refractivity contribution in [3.05, 3.63) is 76.1 Å². The Kier molecular flexibility index (Phi) is 4.67. The molecule has 0 fully saturated rings. The highest BCUT2D eigenvalue weighted by Gasteiger charge is 2.15. The molecule has 124 valence electrons. The van der Waals surface area contributed by atoms with E-state index in [1.165, 1.54) is 11.6 Å². The molecule has 0 saturated heterocycles. The predicted molar refractivity (Wildman–Crippen MR) is 97.1 cm³/mol. The van der Waals surface area contributed by atoms with Crippen LogP contribution in [0, 0.1) is 0 Å². The van der Waals surface area contributed by atoms with Gasteiger partial charge in [-0.15, -0.1) is 0 Å². The molecule has 0 radical (unpaired) electrons. The number of aromatic amines is 1. The lowest BCUT2D eigenvalue weighted by atomic mass is 10.1. The van der Waals surface area contributed by atoms with Gasteiger partial charge in [-0.2, -0.15) is 0 Å². The first-order valence-corrected chi connectivity index (χ1v) is 8.16. The molecule has 24 heavy (non-hydrogen) atoms. The molecule has 2 N–H and O–H groups in total. The normalized spacial score (nSPS) is 11.5. The van der Waals surface area contributed by atoms with E-state index in [2.05, 4.69) is 35.9 Å². The van der Waals surface area contributed by atoms with Gasteiger partial charge in [-0.05, 0) is 25.5 Å². The van der Waals surface area contributed by atoms with Crippen molar-refractivity contribution in [3.8, 4) is 5.75 Å². The molecule has 0 aliphatic heterocycles. The van der Waals surface area contributed by atoms with Crippen LogP contribution in [-0.2, 0) is 13.1 Å². The predicted octanol–water partition coefficient (Wildman–Crippen LogP) is 3.64. The summed E-state index contributed by atoms with van der Waals surface area (Å²) in [6, 6.07) is 17.7. The monoisotopic (exact) mass is 322 g/mol. The number of nitrogens with one attached hydrogen (secondary N) is 1. The lowest BCUT2D eigenvalue weighted by Gasteiger charge is -2.27. The molecule has 1 heterocycles. The summed E-state index contributed by atoms with van der Waals surface area (Å²) in [4.78, 5) is 16.6. The number of rotatable bonds is 5. The topological polar surface area (TPSA) is 56.3 Å². The molecule has 0 amide bonds. The summed E-state index contributed by atoms with van der Waals surface area (Å²) in [5.41, 5.74) is 2.34. The van der Waals surface area contributed by atoms with Crippen LogP contribution in [0.5, 0.6) is 5.75 Å². The van der Waals surface area contributed by atoms with Crippen LogP contribution in [0.2, 0.25) is 0 Å². The SMILES string of the molecule is CC(C)N(Cc1ccccc1)Cc1ccc2ccc(=O)[nH]c2c1O. The first-order chi connectivity index (χ1) is 11.5. The summed E-state index contributed by atoms with van der Waals surface area (Å²) >= 11 is 0. The Labute approximate surface area is 141 Å². The Morgan fingerprint density at radius 1 is 1.00 bits per heavy atom. The van der Waals surface area contributed by atoms with Gasteiger partial charge < -0.3 is 10.1 Å². The number of phenols is 1. The van der Waals surface area contributed by atoms with Crippen molar-refractivity contribution in [1.29, 1.82) is 0 Å². The highest BCUT2D eigenvalue weighted by atomic mass is 16.3. The number of aromatic hydroxyl groups is 1. The van der Waals surface area contributed by atoms with Crippen LogP contribution in [0.15, 0.2) is 59.4 Å². The number of hydrogen-bond acceptors (Lipinski definition) is 3. The van der Waals surface area contributed by atoms with Gasteiger partial charge in [0.25, 0.3) is 0 Å². The largest absolute Gasteiger partial charge is 0.505 e. The second-order valence-electron chi connectivity index (χ2n) is 6.34. The van der Waals surface area contributed by atoms with E-state index in [0.717, 1.165) is 17.5 Å². The molecule has 4 heteroatoms. The fraction of sp³-hybridized carbons (Fsp3) is 0.250. The van der Waals surface area contributed by atoms with Crippen LogP contribution in [0.1, 0.15) is 25.0 Å². The van der Waals surface area contributed by atoms with Crippen molar-refractivity contribution in [3.63, 3.8) is 0 Å². The summed E-state index contributed by atoms with van der Waals surface area (Å²) in [7, 11) is 0. The number of pyridine rings is 1. The lowest BCUT2D eigenvalue weighted by molar-refractivity contribution is 0.201. The third kappa shape index (κ3) is 3.49. The molecule has 0 bridgehead atoms. The number of benzene rings is 2. The van der Waals surface area contributed by atoms with Crippen LogP contribution in [0.4, 0.5) is 0 Å². The Balaban J connectivity index is 1.91. The van der Waals surface area contributed by atoms with E-state index < -0.39 is 0 Å². The Bertz CT molecular complexity index is 885. The minimum Gasteiger partial charge on any atom is -0.505 e. The molecule has 0 unspecified atom stereocenters. The lowest BCUT2D eigenvalue weighted by Crippen LogP contribution is -2.29. The highest BCUT2D eigenvalue weighted by molar-refractivity contribution is 5.85. The number of H-pyrrole nitrogens is 1. The van der Waals surface area contributed by atoms with Crippen molar-refractivity contribution in [2.24, 2.45) is 0 Å². The van der Waals surface area contributed by atoms with Gasteiger partial charge in [-0.1, -0.05) is 42.5 Å². The average Bonchev–Trinajstić information content (AvgIpc) is 2.58. The maximum Gasteiger partial charge on any atom is 0.248 e. The summed E-state index contributed by atoms with van der Waals surface area (Å²) < 4.78 is 0. The Morgan fingerprint density at radius 3 is 2.42 bits per heavy atom. The molecular formula is C20H22N2O2. The third-order valence-corrected chi connectivity index (χ3v) is 4.29. The smallest absolute Gasteiger partial charge is 0.248 e. The molecule has 1 aromatic heterocycles. The zero-order valence-electron chi connectivity index (χ0n) is 14.0. The second kappa shape index (κ2) is 6.89. The van der Waals surface area contributed by atoms with Crippen molar-refractivity contribution in [1.82, 2.24) is 9.88 Å². The van der Waals surface area contributed by atoms with Crippen molar-refractivity contribution >= 4 is 10.9 Å². The molecule has 0 spiro atoms. The third-order valence-electron chi connectivity index (χ3n) is 4.29. The molecule has 2 aromatic carbocycles. The van der Waals surface area contributed by atoms with Gasteiger partial charge in [0, 0.05) is 36.1 Å². The molecule has 0 aliphatic rings. The zero-order valence-corrected chi connectivity index (χ0v) is 14.0. The summed E-state index contributed by atoms with van der Waals surface area (Å²) in [6.07, 6.45) is 0. The van der Waals surface area contributed by atoms with E-state index in [-0.39, 0.29) is 11.3 Å². The second-order valence-corrected chi connectivity index (χ2v) is 6.34. The fourth-order valence-corrected chi connectivity index (χ4v) is 2.84. The molecule has 0 aliphatic carbocycles. The van der Waals surface area contributed by atoms with Gasteiger partial charge in [0.1, 0.15) is 5.75 Å². The quantitative estimate of drug-likeness (QED) is 0.754. The van der Waals surface area contributed by atoms with Crippen molar-refractivity contribution < 1.29 is 5.11 Å². The first-order valence-electron chi connectivity index (χ1n) is 8.16. The van der Waals surface area contributed by atoms with Crippen LogP contribution in [0.3, 0.4) is 0 Å². The number of nitrogens with zero attached hydrogens (tertiary/aromatic N) is 1. The van der Waals surface area contributed by atoms with Gasteiger partial charge in [0.2, 0.25) is 5.56 Å². The number of hydrogen-bond donors (Lipinski definition) is 2. The minimum absolute atomic E-state index is 0.156. The number of phenolic OH excluding ortho intramolecular Hbond substituents is 1. The summed E-state index contributed by atoms with van der Waals surface area (Å²) in [6.45, 7) is 5.71. The molecular weight excluding hydrogens is 300 g/mol. The molecule has 3 rings (SSSR count). The molecule has 0 saturated carbocycles. The Hall–Kier alpha value is -2.59. The van der Waals surface area contributed by atoms with E-state index >= 15 is 0 Å². The number of aromatic nitrogens is 1. The van der Waals surface area contributed by atoms with Gasteiger partial charge in [0.05, 0.1) is 5.52 Å². The van der Waals surface area contributed by atoms with Gasteiger partial charge >= 0.3 is 0 Å². The Morgan fingerprint density at radius 2 is 1.71 bits per heavy atom. The van der Waals surface area contributed by atoms with Crippen LogP contribution < -0.4 is 5.56 Å². The van der Waals surface area contributed by atoms with Crippen LogP contribution >= 0.6 is 0 Å². The van der Waals surface area contributed by atoms with E-state index in [1.54, 1.807) is 6.07 Å². The van der Waals surface area contributed by atoms with Crippen molar-refractivity contribution in [2.75, 3.05) is 0 Å². The van der Waals surface area contributed by atoms with Gasteiger partial charge in [0.15, 0.2) is 0 Å². The van der Waals surface area contributed by atoms with E-state index in [4.69, 9.17) is 0 Å². The number of fused-ring (bicyclic) bond motifs is 1. The molecule has 3 aromatic rings. The fourth-order valence-electron chi connectivity index (χ4n) is 2.84. The zero-order chi connectivity index (χ0) is 17.1. The van der Waals surface area contributed by atoms with Crippen molar-refractivity contribution in [2.45, 2.75) is 33.0 Å². The average molecular weight is 322 g/mol. The maximum atomic E-state index is 11.5. The molecule has 0 atom stereocenters. The minimum atomic E-state index is -0.208. The summed E-state index contributed by atoms with van der Waals surface area (Å²) in [5.74, 6) is 0.156. The van der Waals surface area contributed by atoms with Gasteiger partial charge in [-0.25, -0.2) is 0 Å². The van der Waals surface area contributed by atoms with Crippen LogP contribution in [0.25, 0.3) is 10.9 Å². The van der Waals surface area contributed by atoms with Gasteiger partial charge in [-0.3, -0.25) is 9.69 Å². The maximum absolute atomic E-state index is 11.5. The van der Waals surface area contributed by atoms with E-state index in [0.29, 0.717) is 18.1 Å². The van der Waals surface area contributed by atoms with Crippen LogP contribution in [-0.4, -0.2) is 21.0 Å². The van der Waals surface area contributed by atoms with E-state index in [9.17, 15) is 9.90 Å². The highest BCUT2D eigenvalue weighted by Crippen LogP contribution is 2.28. The first kappa shape index (κ1) is 16.3.